The van der Waals surface area contributed by atoms with Gasteiger partial charge in [-0.2, -0.15) is 0 Å². The number of halogens is 2. The quantitative estimate of drug-likeness (QED) is 0.581. The first-order chi connectivity index (χ1) is 12.1. The van der Waals surface area contributed by atoms with E-state index in [1.165, 1.54) is 18.5 Å². The second-order valence-electron chi connectivity index (χ2n) is 5.34. The lowest BCUT2D eigenvalue weighted by Crippen LogP contribution is -2.07. The summed E-state index contributed by atoms with van der Waals surface area (Å²) in [5, 5.41) is 0.454. The number of rotatable bonds is 3. The fraction of sp³-hybridized carbons (Fsp3) is 0. The van der Waals surface area contributed by atoms with Crippen molar-refractivity contribution in [2.75, 3.05) is 0 Å². The zero-order valence-electron chi connectivity index (χ0n) is 12.7. The maximum absolute atomic E-state index is 13.9. The number of benzene rings is 1. The molecule has 25 heavy (non-hydrogen) atoms. The summed E-state index contributed by atoms with van der Waals surface area (Å²) in [5.74, 6) is -2.56. The van der Waals surface area contributed by atoms with Crippen molar-refractivity contribution < 1.29 is 13.6 Å². The number of carbonyl (C=O) groups is 1. The van der Waals surface area contributed by atoms with Gasteiger partial charge in [-0.1, -0.05) is 6.07 Å². The van der Waals surface area contributed by atoms with Crippen molar-refractivity contribution in [3.8, 4) is 11.3 Å². The Labute approximate surface area is 140 Å². The van der Waals surface area contributed by atoms with Crippen LogP contribution in [0.15, 0.2) is 55.2 Å². The molecule has 0 amide bonds. The first-order valence-electron chi connectivity index (χ1n) is 7.37. The van der Waals surface area contributed by atoms with Crippen LogP contribution in [0.3, 0.4) is 0 Å². The van der Waals surface area contributed by atoms with Gasteiger partial charge in [0.1, 0.15) is 17.3 Å². The molecule has 0 fully saturated rings. The van der Waals surface area contributed by atoms with Crippen LogP contribution >= 0.6 is 0 Å². The summed E-state index contributed by atoms with van der Waals surface area (Å²) in [4.78, 5) is 27.9. The van der Waals surface area contributed by atoms with Gasteiger partial charge < -0.3 is 4.98 Å². The Kier molecular flexibility index (Phi) is 3.53. The zero-order valence-corrected chi connectivity index (χ0v) is 12.7. The molecular weight excluding hydrogens is 326 g/mol. The smallest absolute Gasteiger partial charge is 0.201 e. The highest BCUT2D eigenvalue weighted by Crippen LogP contribution is 2.26. The molecule has 0 radical (unpaired) electrons. The van der Waals surface area contributed by atoms with Crippen molar-refractivity contribution in [3.63, 3.8) is 0 Å². The minimum absolute atomic E-state index is 0.136. The van der Waals surface area contributed by atoms with Gasteiger partial charge in [0.05, 0.1) is 17.5 Å². The van der Waals surface area contributed by atoms with Crippen LogP contribution in [-0.2, 0) is 0 Å². The maximum Gasteiger partial charge on any atom is 0.201 e. The number of aromatic nitrogens is 4. The Morgan fingerprint density at radius 3 is 2.56 bits per heavy atom. The minimum Gasteiger partial charge on any atom is -0.345 e. The van der Waals surface area contributed by atoms with Crippen LogP contribution in [-0.4, -0.2) is 25.7 Å². The van der Waals surface area contributed by atoms with E-state index in [-0.39, 0.29) is 5.56 Å². The van der Waals surface area contributed by atoms with Gasteiger partial charge in [0.2, 0.25) is 5.78 Å². The number of hydrogen-bond donors (Lipinski definition) is 1. The van der Waals surface area contributed by atoms with E-state index < -0.39 is 23.0 Å². The molecular formula is C18H10F2N4O. The van der Waals surface area contributed by atoms with Gasteiger partial charge >= 0.3 is 0 Å². The van der Waals surface area contributed by atoms with Crippen molar-refractivity contribution in [1.29, 1.82) is 0 Å². The average molecular weight is 336 g/mol. The van der Waals surface area contributed by atoms with Crippen LogP contribution in [0.1, 0.15) is 15.9 Å². The predicted octanol–water partition coefficient (Wildman–Crippen LogP) is 3.53. The highest BCUT2D eigenvalue weighted by atomic mass is 19.1. The molecule has 0 saturated carbocycles. The van der Waals surface area contributed by atoms with E-state index in [1.807, 2.05) is 0 Å². The molecule has 1 aromatic carbocycles. The van der Waals surface area contributed by atoms with Gasteiger partial charge in [0.25, 0.3) is 0 Å². The first-order valence-corrected chi connectivity index (χ1v) is 7.37. The molecule has 0 atom stereocenters. The zero-order chi connectivity index (χ0) is 17.4. The van der Waals surface area contributed by atoms with E-state index in [2.05, 4.69) is 19.9 Å². The Morgan fingerprint density at radius 2 is 1.84 bits per heavy atom. The number of fused-ring (bicyclic) bond motifs is 1. The van der Waals surface area contributed by atoms with Crippen molar-refractivity contribution in [2.24, 2.45) is 0 Å². The van der Waals surface area contributed by atoms with E-state index in [0.29, 0.717) is 22.3 Å². The van der Waals surface area contributed by atoms with E-state index in [0.717, 1.165) is 12.1 Å². The molecule has 0 saturated heterocycles. The second-order valence-corrected chi connectivity index (χ2v) is 5.34. The monoisotopic (exact) mass is 336 g/mol. The highest BCUT2D eigenvalue weighted by molar-refractivity contribution is 6.16. The third-order valence-electron chi connectivity index (χ3n) is 3.82. The van der Waals surface area contributed by atoms with Gasteiger partial charge in [-0.3, -0.25) is 14.8 Å². The number of ketones is 1. The molecule has 0 bridgehead atoms. The molecule has 0 aliphatic carbocycles. The Hall–Kier alpha value is -3.48. The summed E-state index contributed by atoms with van der Waals surface area (Å²) in [6.07, 6.45) is 7.62. The van der Waals surface area contributed by atoms with Crippen LogP contribution in [0.25, 0.3) is 22.3 Å². The lowest BCUT2D eigenvalue weighted by atomic mass is 10.0. The molecule has 0 aliphatic rings. The Morgan fingerprint density at radius 1 is 1.04 bits per heavy atom. The van der Waals surface area contributed by atoms with Crippen LogP contribution in [0, 0.1) is 11.6 Å². The van der Waals surface area contributed by atoms with Crippen molar-refractivity contribution in [1.82, 2.24) is 19.9 Å². The van der Waals surface area contributed by atoms with Gasteiger partial charge in [0, 0.05) is 41.3 Å². The average Bonchev–Trinajstić information content (AvgIpc) is 3.05. The van der Waals surface area contributed by atoms with E-state index in [1.54, 1.807) is 24.7 Å². The van der Waals surface area contributed by atoms with Crippen LogP contribution in [0.5, 0.6) is 0 Å². The number of aromatic amines is 1. The largest absolute Gasteiger partial charge is 0.345 e. The second kappa shape index (κ2) is 5.86. The number of nitrogens with zero attached hydrogens (tertiary/aromatic N) is 3. The van der Waals surface area contributed by atoms with Gasteiger partial charge in [-0.05, 0) is 18.2 Å². The lowest BCUT2D eigenvalue weighted by Gasteiger charge is -2.04. The molecule has 3 aromatic heterocycles. The molecule has 3 heterocycles. The Balaban J connectivity index is 1.87. The standard InChI is InChI=1S/C18H10F2N4O/c19-13-2-1-3-14(20)16(13)17(25)12-8-24-18-11(12)6-10(7-23-18)15-9-21-4-5-22-15/h1-9H,(H,23,24). The third-order valence-corrected chi connectivity index (χ3v) is 3.82. The topological polar surface area (TPSA) is 71.5 Å². The van der Waals surface area contributed by atoms with Gasteiger partial charge in [-0.25, -0.2) is 13.8 Å². The SMILES string of the molecule is O=C(c1c(F)cccc1F)c1c[nH]c2ncc(-c3cnccn3)cc12. The summed E-state index contributed by atoms with van der Waals surface area (Å²) in [6, 6.07) is 5.00. The van der Waals surface area contributed by atoms with Gasteiger partial charge in [-0.15, -0.1) is 0 Å². The van der Waals surface area contributed by atoms with E-state index in [9.17, 15) is 13.6 Å². The van der Waals surface area contributed by atoms with Crippen molar-refractivity contribution in [2.45, 2.75) is 0 Å². The summed E-state index contributed by atoms with van der Waals surface area (Å²) in [5.41, 5.74) is 1.20. The van der Waals surface area contributed by atoms with E-state index in [4.69, 9.17) is 0 Å². The highest BCUT2D eigenvalue weighted by Gasteiger charge is 2.22. The summed E-state index contributed by atoms with van der Waals surface area (Å²) in [7, 11) is 0. The molecule has 0 spiro atoms. The summed E-state index contributed by atoms with van der Waals surface area (Å²) >= 11 is 0. The molecule has 4 rings (SSSR count). The summed E-state index contributed by atoms with van der Waals surface area (Å²) in [6.45, 7) is 0. The van der Waals surface area contributed by atoms with Crippen LogP contribution < -0.4 is 0 Å². The fourth-order valence-electron chi connectivity index (χ4n) is 2.63. The van der Waals surface area contributed by atoms with E-state index >= 15 is 0 Å². The van der Waals surface area contributed by atoms with Crippen molar-refractivity contribution in [3.05, 3.63) is 78.0 Å². The van der Waals surface area contributed by atoms with Crippen LogP contribution in [0.4, 0.5) is 8.78 Å². The molecule has 7 heteroatoms. The molecule has 122 valence electrons. The Bertz CT molecular complexity index is 1070. The molecule has 4 aromatic rings. The molecule has 5 nitrogen and oxygen atoms in total. The van der Waals surface area contributed by atoms with Crippen LogP contribution in [0.2, 0.25) is 0 Å². The molecule has 0 unspecified atom stereocenters. The number of hydrogen-bond acceptors (Lipinski definition) is 4. The van der Waals surface area contributed by atoms with Crippen molar-refractivity contribution >= 4 is 16.8 Å². The normalized spacial score (nSPS) is 11.0. The number of H-pyrrole nitrogens is 1. The number of carbonyl (C=O) groups excluding carboxylic acids is 1. The fourth-order valence-corrected chi connectivity index (χ4v) is 2.63. The first kappa shape index (κ1) is 15.1. The molecule has 1 N–H and O–H groups in total. The lowest BCUT2D eigenvalue weighted by molar-refractivity contribution is 0.103. The number of pyridine rings is 1. The summed E-state index contributed by atoms with van der Waals surface area (Å²) < 4.78 is 27.9. The maximum atomic E-state index is 13.9. The predicted molar refractivity (Wildman–Crippen MR) is 86.9 cm³/mol. The van der Waals surface area contributed by atoms with Gasteiger partial charge in [0.15, 0.2) is 0 Å². The minimum atomic E-state index is -0.905. The molecule has 0 aliphatic heterocycles. The number of nitrogens with one attached hydrogen (secondary N) is 1. The third kappa shape index (κ3) is 2.55.